The second kappa shape index (κ2) is 4.40. The zero-order valence-corrected chi connectivity index (χ0v) is 8.04. The molecule has 76 valence electrons. The second-order valence-electron chi connectivity index (χ2n) is 4.26. The molecule has 0 radical (unpaired) electrons. The van der Waals surface area contributed by atoms with Gasteiger partial charge < -0.3 is 15.2 Å². The Labute approximate surface area is 79.5 Å². The summed E-state index contributed by atoms with van der Waals surface area (Å²) in [7, 11) is 0. The summed E-state index contributed by atoms with van der Waals surface area (Å²) in [6.45, 7) is 3.03. The number of aliphatic hydroxyl groups is 1. The van der Waals surface area contributed by atoms with E-state index in [4.69, 9.17) is 4.74 Å². The van der Waals surface area contributed by atoms with Gasteiger partial charge in [0.2, 0.25) is 0 Å². The number of ether oxygens (including phenoxy) is 1. The van der Waals surface area contributed by atoms with Gasteiger partial charge in [-0.3, -0.25) is 0 Å². The average Bonchev–Trinajstić information content (AvgIpc) is 2.81. The van der Waals surface area contributed by atoms with E-state index in [0.717, 1.165) is 32.1 Å². The topological polar surface area (TPSA) is 41.5 Å². The molecule has 2 unspecified atom stereocenters. The van der Waals surface area contributed by atoms with Crippen molar-refractivity contribution in [2.75, 3.05) is 26.4 Å². The van der Waals surface area contributed by atoms with Crippen LogP contribution in [0.25, 0.3) is 0 Å². The molecule has 3 nitrogen and oxygen atoms in total. The molecule has 0 aromatic rings. The molecule has 1 saturated carbocycles. The van der Waals surface area contributed by atoms with Gasteiger partial charge in [0.1, 0.15) is 0 Å². The van der Waals surface area contributed by atoms with Crippen LogP contribution in [0.2, 0.25) is 0 Å². The smallest absolute Gasteiger partial charge is 0.0588 e. The predicted octanol–water partition coefficient (Wildman–Crippen LogP) is 0.383. The van der Waals surface area contributed by atoms with Crippen LogP contribution in [0.4, 0.5) is 0 Å². The van der Waals surface area contributed by atoms with Crippen LogP contribution in [0.1, 0.15) is 19.3 Å². The van der Waals surface area contributed by atoms with Crippen LogP contribution < -0.4 is 5.32 Å². The Morgan fingerprint density at radius 1 is 1.38 bits per heavy atom. The fraction of sp³-hybridized carbons (Fsp3) is 1.00. The van der Waals surface area contributed by atoms with Gasteiger partial charge in [0.15, 0.2) is 0 Å². The highest BCUT2D eigenvalue weighted by Gasteiger charge is 2.27. The normalized spacial score (nSPS) is 30.7. The van der Waals surface area contributed by atoms with Crippen molar-refractivity contribution in [3.05, 3.63) is 0 Å². The minimum atomic E-state index is 0.251. The monoisotopic (exact) mass is 185 g/mol. The van der Waals surface area contributed by atoms with Crippen LogP contribution in [-0.2, 0) is 4.74 Å². The molecular formula is C10H19NO2. The molecular weight excluding hydrogens is 166 g/mol. The number of hydrogen-bond acceptors (Lipinski definition) is 3. The van der Waals surface area contributed by atoms with Crippen molar-refractivity contribution in [1.29, 1.82) is 0 Å². The maximum Gasteiger partial charge on any atom is 0.0588 e. The van der Waals surface area contributed by atoms with E-state index in [-0.39, 0.29) is 12.6 Å². The molecule has 0 bridgehead atoms. The summed E-state index contributed by atoms with van der Waals surface area (Å²) in [4.78, 5) is 0. The van der Waals surface area contributed by atoms with Crippen molar-refractivity contribution in [3.8, 4) is 0 Å². The van der Waals surface area contributed by atoms with Crippen LogP contribution in [0.5, 0.6) is 0 Å². The van der Waals surface area contributed by atoms with Gasteiger partial charge in [-0.2, -0.15) is 0 Å². The molecule has 0 spiro atoms. The van der Waals surface area contributed by atoms with Crippen molar-refractivity contribution >= 4 is 0 Å². The van der Waals surface area contributed by atoms with Crippen LogP contribution in [0.15, 0.2) is 0 Å². The summed E-state index contributed by atoms with van der Waals surface area (Å²) in [5.41, 5.74) is 0. The molecule has 2 aliphatic rings. The number of aliphatic hydroxyl groups excluding tert-OH is 1. The molecule has 1 aliphatic heterocycles. The van der Waals surface area contributed by atoms with Crippen LogP contribution >= 0.6 is 0 Å². The quantitative estimate of drug-likeness (QED) is 0.651. The number of rotatable bonds is 5. The lowest BCUT2D eigenvalue weighted by Gasteiger charge is -2.21. The number of nitrogens with one attached hydrogen (secondary N) is 1. The maximum atomic E-state index is 9.20. The maximum absolute atomic E-state index is 9.20. The van der Waals surface area contributed by atoms with E-state index >= 15 is 0 Å². The first-order valence-electron chi connectivity index (χ1n) is 5.32. The second-order valence-corrected chi connectivity index (χ2v) is 4.26. The first-order valence-corrected chi connectivity index (χ1v) is 5.32. The largest absolute Gasteiger partial charge is 0.395 e. The third-order valence-corrected chi connectivity index (χ3v) is 3.10. The van der Waals surface area contributed by atoms with Gasteiger partial charge in [-0.05, 0) is 31.7 Å². The summed E-state index contributed by atoms with van der Waals surface area (Å²) in [6, 6.07) is 0.267. The fourth-order valence-corrected chi connectivity index (χ4v) is 1.89. The standard InChI is InChI=1S/C10H19NO2/c12-6-10(9-3-4-13-7-9)11-5-8-1-2-8/h8-12H,1-7H2. The summed E-state index contributed by atoms with van der Waals surface area (Å²) in [5.74, 6) is 1.42. The average molecular weight is 185 g/mol. The fourth-order valence-electron chi connectivity index (χ4n) is 1.89. The molecule has 1 aliphatic carbocycles. The first kappa shape index (κ1) is 9.44. The number of hydrogen-bond donors (Lipinski definition) is 2. The Balaban J connectivity index is 1.70. The molecule has 1 saturated heterocycles. The highest BCUT2D eigenvalue weighted by Crippen LogP contribution is 2.28. The molecule has 2 rings (SSSR count). The minimum Gasteiger partial charge on any atom is -0.395 e. The van der Waals surface area contributed by atoms with Gasteiger partial charge >= 0.3 is 0 Å². The van der Waals surface area contributed by atoms with E-state index in [1.807, 2.05) is 0 Å². The van der Waals surface area contributed by atoms with Gasteiger partial charge in [0, 0.05) is 18.6 Å². The minimum absolute atomic E-state index is 0.251. The Hall–Kier alpha value is -0.120. The zero-order valence-electron chi connectivity index (χ0n) is 8.04. The highest BCUT2D eigenvalue weighted by atomic mass is 16.5. The van der Waals surface area contributed by atoms with Crippen LogP contribution in [-0.4, -0.2) is 37.5 Å². The summed E-state index contributed by atoms with van der Waals surface area (Å²) < 4.78 is 5.31. The van der Waals surface area contributed by atoms with Crippen molar-refractivity contribution in [2.24, 2.45) is 11.8 Å². The lowest BCUT2D eigenvalue weighted by atomic mass is 10.00. The molecule has 0 amide bonds. The molecule has 2 atom stereocenters. The molecule has 0 aromatic heterocycles. The van der Waals surface area contributed by atoms with Crippen LogP contribution in [0, 0.1) is 11.8 Å². The Morgan fingerprint density at radius 3 is 2.77 bits per heavy atom. The van der Waals surface area contributed by atoms with Gasteiger partial charge in [-0.25, -0.2) is 0 Å². The van der Waals surface area contributed by atoms with E-state index in [1.165, 1.54) is 12.8 Å². The molecule has 3 heteroatoms. The van der Waals surface area contributed by atoms with Gasteiger partial charge in [-0.15, -0.1) is 0 Å². The van der Waals surface area contributed by atoms with Gasteiger partial charge in [0.25, 0.3) is 0 Å². The van der Waals surface area contributed by atoms with Crippen molar-refractivity contribution in [1.82, 2.24) is 5.32 Å². The van der Waals surface area contributed by atoms with Crippen LogP contribution in [0.3, 0.4) is 0 Å². The Morgan fingerprint density at radius 2 is 2.23 bits per heavy atom. The van der Waals surface area contributed by atoms with E-state index < -0.39 is 0 Å². The van der Waals surface area contributed by atoms with Gasteiger partial charge in [-0.1, -0.05) is 0 Å². The Bertz CT molecular complexity index is 153. The highest BCUT2D eigenvalue weighted by molar-refractivity contribution is 4.82. The lowest BCUT2D eigenvalue weighted by Crippen LogP contribution is -2.40. The lowest BCUT2D eigenvalue weighted by molar-refractivity contribution is 0.153. The van der Waals surface area contributed by atoms with E-state index in [2.05, 4.69) is 5.32 Å². The molecule has 1 heterocycles. The van der Waals surface area contributed by atoms with Crippen molar-refractivity contribution in [2.45, 2.75) is 25.3 Å². The molecule has 2 fully saturated rings. The van der Waals surface area contributed by atoms with E-state index in [0.29, 0.717) is 5.92 Å². The zero-order chi connectivity index (χ0) is 9.10. The van der Waals surface area contributed by atoms with Crippen molar-refractivity contribution < 1.29 is 9.84 Å². The summed E-state index contributed by atoms with van der Waals surface area (Å²) in [6.07, 6.45) is 3.83. The summed E-state index contributed by atoms with van der Waals surface area (Å²) in [5, 5.41) is 12.6. The summed E-state index contributed by atoms with van der Waals surface area (Å²) >= 11 is 0. The van der Waals surface area contributed by atoms with Gasteiger partial charge in [0.05, 0.1) is 13.2 Å². The molecule has 0 aromatic carbocycles. The molecule has 13 heavy (non-hydrogen) atoms. The third kappa shape index (κ3) is 2.66. The van der Waals surface area contributed by atoms with E-state index in [9.17, 15) is 5.11 Å². The van der Waals surface area contributed by atoms with E-state index in [1.54, 1.807) is 0 Å². The third-order valence-electron chi connectivity index (χ3n) is 3.10. The predicted molar refractivity (Wildman–Crippen MR) is 50.5 cm³/mol. The molecule has 2 N–H and O–H groups in total. The Kier molecular flexibility index (Phi) is 3.19. The SMILES string of the molecule is OCC(NCC1CC1)C1CCOC1. The first-order chi connectivity index (χ1) is 6.40. The van der Waals surface area contributed by atoms with Crippen molar-refractivity contribution in [3.63, 3.8) is 0 Å².